The fraction of sp³-hybridized carbons (Fsp3) is 0.692. The molecule has 4 heteroatoms. The Labute approximate surface area is 107 Å². The second kappa shape index (κ2) is 7.80. The molecule has 0 aromatic carbocycles. The monoisotopic (exact) mass is 255 g/mol. The summed E-state index contributed by atoms with van der Waals surface area (Å²) in [6.45, 7) is 3.61. The molecule has 0 amide bonds. The predicted molar refractivity (Wildman–Crippen MR) is 71.3 cm³/mol. The minimum Gasteiger partial charge on any atom is -0.467 e. The molecule has 1 saturated heterocycles. The molecule has 1 N–H and O–H groups in total. The van der Waals surface area contributed by atoms with Crippen molar-refractivity contribution in [2.24, 2.45) is 5.92 Å². The molecule has 3 nitrogen and oxygen atoms in total. The SMILES string of the molecule is c1coc(COCCCNCC2CCSC2)c1. The van der Waals surface area contributed by atoms with Gasteiger partial charge in [-0.3, -0.25) is 0 Å². The molecule has 1 aromatic heterocycles. The van der Waals surface area contributed by atoms with Crippen molar-refractivity contribution in [1.82, 2.24) is 5.32 Å². The Morgan fingerprint density at radius 1 is 1.53 bits per heavy atom. The minimum absolute atomic E-state index is 0.590. The van der Waals surface area contributed by atoms with Crippen LogP contribution in [0.15, 0.2) is 22.8 Å². The summed E-state index contributed by atoms with van der Waals surface area (Å²) in [6, 6.07) is 3.83. The van der Waals surface area contributed by atoms with Crippen LogP contribution in [0.1, 0.15) is 18.6 Å². The molecule has 0 radical (unpaired) electrons. The van der Waals surface area contributed by atoms with Gasteiger partial charge >= 0.3 is 0 Å². The maximum Gasteiger partial charge on any atom is 0.129 e. The third-order valence-electron chi connectivity index (χ3n) is 2.92. The third kappa shape index (κ3) is 5.15. The largest absolute Gasteiger partial charge is 0.467 e. The predicted octanol–water partition coefficient (Wildman–Crippen LogP) is 2.53. The zero-order chi connectivity index (χ0) is 11.8. The van der Waals surface area contributed by atoms with Crippen molar-refractivity contribution < 1.29 is 9.15 Å². The Morgan fingerprint density at radius 3 is 3.29 bits per heavy atom. The molecular weight excluding hydrogens is 234 g/mol. The molecule has 0 spiro atoms. The number of ether oxygens (including phenoxy) is 1. The lowest BCUT2D eigenvalue weighted by molar-refractivity contribution is 0.104. The summed E-state index contributed by atoms with van der Waals surface area (Å²) < 4.78 is 10.7. The van der Waals surface area contributed by atoms with Gasteiger partial charge in [-0.15, -0.1) is 0 Å². The van der Waals surface area contributed by atoms with E-state index in [1.165, 1.54) is 24.5 Å². The van der Waals surface area contributed by atoms with Crippen LogP contribution in [0.2, 0.25) is 0 Å². The van der Waals surface area contributed by atoms with Gasteiger partial charge in [0.1, 0.15) is 12.4 Å². The molecular formula is C13H21NO2S. The smallest absolute Gasteiger partial charge is 0.129 e. The quantitative estimate of drug-likeness (QED) is 0.724. The van der Waals surface area contributed by atoms with E-state index in [1.807, 2.05) is 12.1 Å². The van der Waals surface area contributed by atoms with Crippen LogP contribution in [0.3, 0.4) is 0 Å². The standard InChI is InChI=1S/C13H21NO2S/c1-3-13(16-7-1)10-15-6-2-5-14-9-12-4-8-17-11-12/h1,3,7,12,14H,2,4-6,8-11H2. The van der Waals surface area contributed by atoms with Gasteiger partial charge in [0.25, 0.3) is 0 Å². The maximum absolute atomic E-state index is 5.51. The lowest BCUT2D eigenvalue weighted by Crippen LogP contribution is -2.24. The Morgan fingerprint density at radius 2 is 2.53 bits per heavy atom. The molecule has 0 saturated carbocycles. The number of hydrogen-bond donors (Lipinski definition) is 1. The number of rotatable bonds is 8. The van der Waals surface area contributed by atoms with Crippen LogP contribution in [0.25, 0.3) is 0 Å². The lowest BCUT2D eigenvalue weighted by atomic mass is 10.1. The lowest BCUT2D eigenvalue weighted by Gasteiger charge is -2.09. The molecule has 2 heterocycles. The zero-order valence-electron chi connectivity index (χ0n) is 10.2. The van der Waals surface area contributed by atoms with E-state index in [9.17, 15) is 0 Å². The van der Waals surface area contributed by atoms with E-state index in [-0.39, 0.29) is 0 Å². The van der Waals surface area contributed by atoms with Crippen LogP contribution in [0.4, 0.5) is 0 Å². The average molecular weight is 255 g/mol. The maximum atomic E-state index is 5.51. The van der Waals surface area contributed by atoms with Crippen LogP contribution < -0.4 is 5.32 Å². The number of thioether (sulfide) groups is 1. The highest BCUT2D eigenvalue weighted by Gasteiger charge is 2.14. The van der Waals surface area contributed by atoms with Crippen molar-refractivity contribution in [3.05, 3.63) is 24.2 Å². The van der Waals surface area contributed by atoms with E-state index in [0.717, 1.165) is 31.3 Å². The molecule has 1 aromatic rings. The van der Waals surface area contributed by atoms with E-state index in [1.54, 1.807) is 6.26 Å². The van der Waals surface area contributed by atoms with Crippen molar-refractivity contribution in [1.29, 1.82) is 0 Å². The number of hydrogen-bond acceptors (Lipinski definition) is 4. The summed E-state index contributed by atoms with van der Waals surface area (Å²) >= 11 is 2.08. The Balaban J connectivity index is 1.39. The van der Waals surface area contributed by atoms with Crippen LogP contribution in [-0.4, -0.2) is 31.2 Å². The molecule has 1 aliphatic rings. The summed E-state index contributed by atoms with van der Waals surface area (Å²) in [5, 5.41) is 3.50. The van der Waals surface area contributed by atoms with Gasteiger partial charge in [0.05, 0.1) is 6.26 Å². The van der Waals surface area contributed by atoms with Crippen LogP contribution in [0, 0.1) is 5.92 Å². The highest BCUT2D eigenvalue weighted by atomic mass is 32.2. The Bertz CT molecular complexity index is 284. The minimum atomic E-state index is 0.590. The molecule has 1 aliphatic heterocycles. The molecule has 0 bridgehead atoms. The Kier molecular flexibility index (Phi) is 5.96. The van der Waals surface area contributed by atoms with E-state index in [0.29, 0.717) is 6.61 Å². The van der Waals surface area contributed by atoms with E-state index in [2.05, 4.69) is 17.1 Å². The number of furan rings is 1. The molecule has 1 atom stereocenters. The summed E-state index contributed by atoms with van der Waals surface area (Å²) in [7, 11) is 0. The van der Waals surface area contributed by atoms with Crippen molar-refractivity contribution >= 4 is 11.8 Å². The topological polar surface area (TPSA) is 34.4 Å². The first-order chi connectivity index (χ1) is 8.45. The summed E-state index contributed by atoms with van der Waals surface area (Å²) in [5.41, 5.74) is 0. The van der Waals surface area contributed by atoms with Gasteiger partial charge in [0.15, 0.2) is 0 Å². The Hall–Kier alpha value is -0.450. The van der Waals surface area contributed by atoms with Crippen LogP contribution in [-0.2, 0) is 11.3 Å². The molecule has 0 aliphatic carbocycles. The molecule has 17 heavy (non-hydrogen) atoms. The molecule has 96 valence electrons. The van der Waals surface area contributed by atoms with Gasteiger partial charge in [0, 0.05) is 6.61 Å². The van der Waals surface area contributed by atoms with Crippen molar-refractivity contribution in [3.63, 3.8) is 0 Å². The second-order valence-corrected chi connectivity index (χ2v) is 5.57. The summed E-state index contributed by atoms with van der Waals surface area (Å²) in [5.74, 6) is 4.48. The summed E-state index contributed by atoms with van der Waals surface area (Å²) in [4.78, 5) is 0. The van der Waals surface area contributed by atoms with Gasteiger partial charge in [-0.25, -0.2) is 0 Å². The number of nitrogens with one attached hydrogen (secondary N) is 1. The second-order valence-electron chi connectivity index (χ2n) is 4.42. The fourth-order valence-electron chi connectivity index (χ4n) is 1.92. The van der Waals surface area contributed by atoms with Gasteiger partial charge in [-0.1, -0.05) is 0 Å². The van der Waals surface area contributed by atoms with Gasteiger partial charge in [-0.2, -0.15) is 11.8 Å². The third-order valence-corrected chi connectivity index (χ3v) is 4.16. The van der Waals surface area contributed by atoms with Gasteiger partial charge in [0.2, 0.25) is 0 Å². The highest BCUT2D eigenvalue weighted by molar-refractivity contribution is 7.99. The highest BCUT2D eigenvalue weighted by Crippen LogP contribution is 2.22. The average Bonchev–Trinajstić information content (AvgIpc) is 3.00. The van der Waals surface area contributed by atoms with Crippen LogP contribution in [0.5, 0.6) is 0 Å². The molecule has 1 unspecified atom stereocenters. The first-order valence-corrected chi connectivity index (χ1v) is 7.49. The van der Waals surface area contributed by atoms with Crippen molar-refractivity contribution in [2.75, 3.05) is 31.2 Å². The van der Waals surface area contributed by atoms with Crippen molar-refractivity contribution in [3.8, 4) is 0 Å². The van der Waals surface area contributed by atoms with E-state index >= 15 is 0 Å². The first-order valence-electron chi connectivity index (χ1n) is 6.34. The van der Waals surface area contributed by atoms with E-state index < -0.39 is 0 Å². The van der Waals surface area contributed by atoms with Gasteiger partial charge < -0.3 is 14.5 Å². The van der Waals surface area contributed by atoms with Gasteiger partial charge in [-0.05, 0) is 55.5 Å². The molecule has 1 fully saturated rings. The first kappa shape index (κ1) is 13.0. The molecule has 2 rings (SSSR count). The zero-order valence-corrected chi connectivity index (χ0v) is 11.0. The fourth-order valence-corrected chi connectivity index (χ4v) is 3.20. The normalized spacial score (nSPS) is 19.9. The summed E-state index contributed by atoms with van der Waals surface area (Å²) in [6.07, 6.45) is 4.13. The van der Waals surface area contributed by atoms with E-state index in [4.69, 9.17) is 9.15 Å². The van der Waals surface area contributed by atoms with Crippen molar-refractivity contribution in [2.45, 2.75) is 19.4 Å². The van der Waals surface area contributed by atoms with Crippen LogP contribution >= 0.6 is 11.8 Å².